The Balaban J connectivity index is 2.82. The van der Waals surface area contributed by atoms with Crippen molar-refractivity contribution in [2.45, 2.75) is 19.5 Å². The zero-order valence-corrected chi connectivity index (χ0v) is 10.6. The Morgan fingerprint density at radius 1 is 1.63 bits per heavy atom. The van der Waals surface area contributed by atoms with Gasteiger partial charge in [-0.3, -0.25) is 4.68 Å². The van der Waals surface area contributed by atoms with Gasteiger partial charge in [-0.25, -0.2) is 0 Å². The molecule has 9 heteroatoms. The van der Waals surface area contributed by atoms with E-state index in [-0.39, 0.29) is 0 Å². The van der Waals surface area contributed by atoms with E-state index < -0.39 is 24.5 Å². The molecule has 19 heavy (non-hydrogen) atoms. The molecule has 0 aliphatic carbocycles. The molecule has 0 amide bonds. The van der Waals surface area contributed by atoms with Gasteiger partial charge in [-0.2, -0.15) is 18.3 Å². The second-order valence-electron chi connectivity index (χ2n) is 4.02. The number of aryl methyl sites for hydroxylation is 2. The number of hydrogen-bond acceptors (Lipinski definition) is 4. The van der Waals surface area contributed by atoms with E-state index >= 15 is 0 Å². The molecule has 0 radical (unpaired) electrons. The van der Waals surface area contributed by atoms with Crippen molar-refractivity contribution >= 4 is 11.5 Å². The second-order valence-corrected chi connectivity index (χ2v) is 4.02. The Kier molecular flexibility index (Phi) is 4.62. The molecule has 4 N–H and O–H groups in total. The minimum Gasteiger partial charge on any atom is -0.409 e. The van der Waals surface area contributed by atoms with Crippen LogP contribution >= 0.6 is 0 Å². The molecule has 0 aliphatic heterocycles. The third-order valence-electron chi connectivity index (χ3n) is 2.60. The van der Waals surface area contributed by atoms with Gasteiger partial charge < -0.3 is 16.3 Å². The number of halogens is 3. The summed E-state index contributed by atoms with van der Waals surface area (Å²) in [4.78, 5) is 0. The van der Waals surface area contributed by atoms with Gasteiger partial charge in [0.25, 0.3) is 0 Å². The lowest BCUT2D eigenvalue weighted by Crippen LogP contribution is -2.40. The summed E-state index contributed by atoms with van der Waals surface area (Å²) >= 11 is 0. The van der Waals surface area contributed by atoms with Crippen LogP contribution in [0.3, 0.4) is 0 Å². The molecule has 0 aromatic carbocycles. The van der Waals surface area contributed by atoms with Crippen LogP contribution in [0.2, 0.25) is 0 Å². The lowest BCUT2D eigenvalue weighted by Gasteiger charge is -2.19. The molecule has 1 atom stereocenters. The topological polar surface area (TPSA) is 88.5 Å². The highest BCUT2D eigenvalue weighted by Crippen LogP contribution is 2.27. The molecule has 0 saturated heterocycles. The van der Waals surface area contributed by atoms with Gasteiger partial charge in [-0.05, 0) is 6.42 Å². The Labute approximate surface area is 108 Å². The molecular weight excluding hydrogens is 263 g/mol. The predicted octanol–water partition coefficient (Wildman–Crippen LogP) is 1.32. The highest BCUT2D eigenvalue weighted by atomic mass is 19.4. The van der Waals surface area contributed by atoms with Gasteiger partial charge in [-0.1, -0.05) is 12.1 Å². The van der Waals surface area contributed by atoms with Crippen molar-refractivity contribution in [1.82, 2.24) is 9.78 Å². The van der Waals surface area contributed by atoms with Gasteiger partial charge in [0, 0.05) is 19.8 Å². The van der Waals surface area contributed by atoms with E-state index in [0.29, 0.717) is 17.8 Å². The molecule has 1 aromatic rings. The average Bonchev–Trinajstić information content (AvgIpc) is 2.67. The molecule has 0 spiro atoms. The van der Waals surface area contributed by atoms with Crippen LogP contribution in [0.5, 0.6) is 0 Å². The SMILES string of the molecule is CCc1nn(C)cc1NCC(/C(N)=N/O)C(F)(F)F. The monoisotopic (exact) mass is 279 g/mol. The molecule has 6 nitrogen and oxygen atoms in total. The smallest absolute Gasteiger partial charge is 0.400 e. The van der Waals surface area contributed by atoms with Crippen molar-refractivity contribution < 1.29 is 18.4 Å². The minimum atomic E-state index is -4.59. The molecular formula is C10H16F3N5O. The summed E-state index contributed by atoms with van der Waals surface area (Å²) < 4.78 is 39.7. The molecule has 1 heterocycles. The first-order valence-electron chi connectivity index (χ1n) is 5.60. The van der Waals surface area contributed by atoms with Gasteiger partial charge >= 0.3 is 6.18 Å². The summed E-state index contributed by atoms with van der Waals surface area (Å²) in [5.74, 6) is -2.93. The van der Waals surface area contributed by atoms with Gasteiger partial charge in [0.2, 0.25) is 0 Å². The Bertz CT molecular complexity index is 455. The van der Waals surface area contributed by atoms with E-state index in [0.717, 1.165) is 0 Å². The third-order valence-corrected chi connectivity index (χ3v) is 2.60. The standard InChI is InChI=1S/C10H16F3N5O/c1-3-7-8(5-18(2)16-7)15-4-6(9(14)17-19)10(11,12)13/h5-6,15,19H,3-4H2,1-2H3,(H2,14,17). The summed E-state index contributed by atoms with van der Waals surface area (Å²) in [5.41, 5.74) is 6.22. The molecule has 108 valence electrons. The molecule has 0 bridgehead atoms. The number of amidine groups is 1. The van der Waals surface area contributed by atoms with Gasteiger partial charge in [0.15, 0.2) is 5.84 Å². The maximum atomic E-state index is 12.7. The lowest BCUT2D eigenvalue weighted by atomic mass is 10.1. The van der Waals surface area contributed by atoms with Crippen molar-refractivity contribution in [1.29, 1.82) is 0 Å². The Morgan fingerprint density at radius 3 is 2.74 bits per heavy atom. The molecule has 1 rings (SSSR count). The molecule has 0 fully saturated rings. The van der Waals surface area contributed by atoms with Crippen molar-refractivity contribution in [2.75, 3.05) is 11.9 Å². The van der Waals surface area contributed by atoms with E-state index in [4.69, 9.17) is 10.9 Å². The van der Waals surface area contributed by atoms with Crippen LogP contribution in [0.4, 0.5) is 18.9 Å². The number of hydrogen-bond donors (Lipinski definition) is 3. The number of nitrogens with two attached hydrogens (primary N) is 1. The average molecular weight is 279 g/mol. The normalized spacial score (nSPS) is 14.5. The number of aromatic nitrogens is 2. The van der Waals surface area contributed by atoms with Crippen LogP contribution in [0.25, 0.3) is 0 Å². The lowest BCUT2D eigenvalue weighted by molar-refractivity contribution is -0.152. The van der Waals surface area contributed by atoms with Gasteiger partial charge in [-0.15, -0.1) is 0 Å². The maximum Gasteiger partial charge on any atom is 0.400 e. The molecule has 1 aromatic heterocycles. The largest absolute Gasteiger partial charge is 0.409 e. The predicted molar refractivity (Wildman–Crippen MR) is 64.0 cm³/mol. The summed E-state index contributed by atoms with van der Waals surface area (Å²) in [6.07, 6.45) is -2.42. The summed E-state index contributed by atoms with van der Waals surface area (Å²) in [6, 6.07) is 0. The zero-order valence-electron chi connectivity index (χ0n) is 10.6. The minimum absolute atomic E-state index is 0.505. The fraction of sp³-hybridized carbons (Fsp3) is 0.600. The highest BCUT2D eigenvalue weighted by Gasteiger charge is 2.42. The van der Waals surface area contributed by atoms with Crippen molar-refractivity contribution in [2.24, 2.45) is 23.9 Å². The summed E-state index contributed by atoms with van der Waals surface area (Å²) in [6.45, 7) is 1.33. The van der Waals surface area contributed by atoms with Crippen LogP contribution in [0, 0.1) is 5.92 Å². The number of nitrogens with zero attached hydrogens (tertiary/aromatic N) is 3. The van der Waals surface area contributed by atoms with Crippen LogP contribution in [0.1, 0.15) is 12.6 Å². The van der Waals surface area contributed by atoms with E-state index in [1.54, 1.807) is 13.2 Å². The Hall–Kier alpha value is -1.93. The molecule has 0 saturated carbocycles. The number of nitrogens with one attached hydrogen (secondary N) is 1. The first kappa shape index (κ1) is 15.1. The molecule has 1 unspecified atom stereocenters. The van der Waals surface area contributed by atoms with Crippen LogP contribution in [-0.4, -0.2) is 33.5 Å². The molecule has 0 aliphatic rings. The second kappa shape index (κ2) is 5.81. The summed E-state index contributed by atoms with van der Waals surface area (Å²) in [5, 5.41) is 17.5. The van der Waals surface area contributed by atoms with Crippen molar-refractivity contribution in [3.8, 4) is 0 Å². The number of rotatable bonds is 5. The third kappa shape index (κ3) is 3.76. The Morgan fingerprint density at radius 2 is 2.26 bits per heavy atom. The first-order valence-corrected chi connectivity index (χ1v) is 5.60. The van der Waals surface area contributed by atoms with Crippen LogP contribution in [0.15, 0.2) is 11.4 Å². The number of alkyl halides is 3. The number of oxime groups is 1. The van der Waals surface area contributed by atoms with E-state index in [9.17, 15) is 13.2 Å². The quantitative estimate of drug-likeness (QED) is 0.328. The number of anilines is 1. The fourth-order valence-electron chi connectivity index (χ4n) is 1.61. The zero-order chi connectivity index (χ0) is 14.6. The summed E-state index contributed by atoms with van der Waals surface area (Å²) in [7, 11) is 1.68. The van der Waals surface area contributed by atoms with Gasteiger partial charge in [0.1, 0.15) is 5.92 Å². The van der Waals surface area contributed by atoms with E-state index in [2.05, 4.69) is 15.6 Å². The first-order chi connectivity index (χ1) is 8.79. The van der Waals surface area contributed by atoms with Crippen molar-refractivity contribution in [3.05, 3.63) is 11.9 Å². The maximum absolute atomic E-state index is 12.7. The highest BCUT2D eigenvalue weighted by molar-refractivity contribution is 5.83. The van der Waals surface area contributed by atoms with E-state index in [1.807, 2.05) is 6.92 Å². The fourth-order valence-corrected chi connectivity index (χ4v) is 1.61. The van der Waals surface area contributed by atoms with Crippen LogP contribution < -0.4 is 11.1 Å². The van der Waals surface area contributed by atoms with Crippen molar-refractivity contribution in [3.63, 3.8) is 0 Å². The van der Waals surface area contributed by atoms with Gasteiger partial charge in [0.05, 0.1) is 11.4 Å². The van der Waals surface area contributed by atoms with Crippen LogP contribution in [-0.2, 0) is 13.5 Å². The van der Waals surface area contributed by atoms with E-state index in [1.165, 1.54) is 4.68 Å².